The van der Waals surface area contributed by atoms with Gasteiger partial charge in [0.05, 0.1) is 17.9 Å². The fraction of sp³-hybridized carbons (Fsp3) is 1.00. The maximum Gasteiger partial charge on any atom is 0.395 e. The summed E-state index contributed by atoms with van der Waals surface area (Å²) in [6.07, 6.45) is -11.2. The molecule has 0 saturated carbocycles. The topological polar surface area (TPSA) is 80.6 Å². The zero-order valence-electron chi connectivity index (χ0n) is 15.2. The molecular weight excluding hydrogens is 394 g/mol. The molecule has 3 aliphatic rings. The van der Waals surface area contributed by atoms with Crippen LogP contribution in [0.3, 0.4) is 0 Å². The van der Waals surface area contributed by atoms with Gasteiger partial charge in [-0.1, -0.05) is 19.3 Å². The van der Waals surface area contributed by atoms with Gasteiger partial charge in [-0.15, -0.1) is 0 Å². The molecule has 0 aromatic carbocycles. The summed E-state index contributed by atoms with van der Waals surface area (Å²) < 4.78 is 91.5. The number of alkyl halides is 6. The molecule has 3 rings (SSSR count). The van der Waals surface area contributed by atoms with Crippen molar-refractivity contribution in [2.75, 3.05) is 6.61 Å². The van der Waals surface area contributed by atoms with Gasteiger partial charge in [0.25, 0.3) is 0 Å². The minimum atomic E-state index is -4.50. The SMILES string of the molecule is NC1CC(C(F)(F)F)C2NC1C1NNC(O1)[C@@H](C(F)(F)F)CCCCCCO2. The molecule has 0 aliphatic carbocycles. The predicted octanol–water partition coefficient (Wildman–Crippen LogP) is 2.12. The first-order chi connectivity index (χ1) is 13.1. The fourth-order valence-electron chi connectivity index (χ4n) is 4.05. The van der Waals surface area contributed by atoms with Crippen LogP contribution in [-0.4, -0.2) is 49.7 Å². The Kier molecular flexibility index (Phi) is 6.77. The summed E-state index contributed by atoms with van der Waals surface area (Å²) in [4.78, 5) is 0. The van der Waals surface area contributed by atoms with E-state index in [4.69, 9.17) is 15.2 Å². The van der Waals surface area contributed by atoms with Gasteiger partial charge in [-0.25, -0.2) is 10.9 Å². The van der Waals surface area contributed by atoms with Gasteiger partial charge in [0.15, 0.2) is 0 Å². The average molecular weight is 420 g/mol. The van der Waals surface area contributed by atoms with Gasteiger partial charge in [0.2, 0.25) is 0 Å². The van der Waals surface area contributed by atoms with E-state index >= 15 is 0 Å². The highest BCUT2D eigenvalue weighted by molar-refractivity contribution is 4.98. The normalized spacial score (nSPS) is 41.5. The summed E-state index contributed by atoms with van der Waals surface area (Å²) in [5.74, 6) is -3.51. The number of nitrogens with one attached hydrogen (secondary N) is 3. The van der Waals surface area contributed by atoms with E-state index in [2.05, 4.69) is 16.2 Å². The van der Waals surface area contributed by atoms with E-state index < -0.39 is 61.4 Å². The van der Waals surface area contributed by atoms with E-state index in [9.17, 15) is 26.3 Å². The smallest absolute Gasteiger partial charge is 0.363 e. The summed E-state index contributed by atoms with van der Waals surface area (Å²) >= 11 is 0. The molecule has 3 aliphatic heterocycles. The molecule has 164 valence electrons. The molecule has 0 aromatic rings. The van der Waals surface area contributed by atoms with Crippen LogP contribution in [0, 0.1) is 11.8 Å². The third kappa shape index (κ3) is 5.08. The lowest BCUT2D eigenvalue weighted by atomic mass is 9.87. The molecule has 3 saturated heterocycles. The van der Waals surface area contributed by atoms with Crippen LogP contribution < -0.4 is 21.9 Å². The maximum atomic E-state index is 13.4. The number of hydrazine groups is 1. The molecule has 0 spiro atoms. The lowest BCUT2D eigenvalue weighted by Gasteiger charge is -2.43. The number of ether oxygens (including phenoxy) is 2. The van der Waals surface area contributed by atoms with E-state index in [0.29, 0.717) is 25.7 Å². The number of rotatable bonds is 0. The van der Waals surface area contributed by atoms with Crippen LogP contribution in [0.4, 0.5) is 26.3 Å². The molecule has 6 unspecified atom stereocenters. The zero-order valence-corrected chi connectivity index (χ0v) is 15.2. The average Bonchev–Trinajstić information content (AvgIpc) is 3.04. The molecule has 5 N–H and O–H groups in total. The van der Waals surface area contributed by atoms with Gasteiger partial charge < -0.3 is 15.2 Å². The van der Waals surface area contributed by atoms with E-state index in [1.807, 2.05) is 0 Å². The Labute approximate surface area is 158 Å². The standard InChI is InChI=1S/C16H26F6N4O2/c17-15(18,19)8-5-3-1-2-4-6-27-12-9(16(20,21)22)7-10(23)11(24-12)14-26-25-13(8)28-14/h8-14,24-26H,1-7,23H2/t8-,9?,10?,11?,12?,13?,14?/m0/s1. The monoisotopic (exact) mass is 420 g/mol. The number of piperidine rings is 1. The summed E-state index contributed by atoms with van der Waals surface area (Å²) in [5, 5.41) is 2.72. The quantitative estimate of drug-likeness (QED) is 0.450. The molecule has 0 amide bonds. The predicted molar refractivity (Wildman–Crippen MR) is 86.4 cm³/mol. The largest absolute Gasteiger partial charge is 0.395 e. The van der Waals surface area contributed by atoms with Gasteiger partial charge in [-0.05, 0) is 19.3 Å². The Morgan fingerprint density at radius 2 is 1.43 bits per heavy atom. The second-order valence-electron chi connectivity index (χ2n) is 7.65. The van der Waals surface area contributed by atoms with Crippen molar-refractivity contribution >= 4 is 0 Å². The van der Waals surface area contributed by atoms with Gasteiger partial charge in [0.1, 0.15) is 18.7 Å². The van der Waals surface area contributed by atoms with Crippen LogP contribution in [0.25, 0.3) is 0 Å². The lowest BCUT2D eigenvalue weighted by molar-refractivity contribution is -0.232. The van der Waals surface area contributed by atoms with Gasteiger partial charge in [-0.3, -0.25) is 5.32 Å². The molecule has 3 fully saturated rings. The Hall–Kier alpha value is -0.660. The third-order valence-electron chi connectivity index (χ3n) is 5.61. The van der Waals surface area contributed by atoms with Crippen LogP contribution in [0.15, 0.2) is 0 Å². The van der Waals surface area contributed by atoms with Gasteiger partial charge in [-0.2, -0.15) is 26.3 Å². The highest BCUT2D eigenvalue weighted by Crippen LogP contribution is 2.38. The number of halogens is 6. The first kappa shape index (κ1) is 22.0. The second-order valence-corrected chi connectivity index (χ2v) is 7.65. The van der Waals surface area contributed by atoms with Crippen molar-refractivity contribution in [2.45, 2.75) is 81.6 Å². The Morgan fingerprint density at radius 3 is 2.11 bits per heavy atom. The van der Waals surface area contributed by atoms with E-state index in [1.54, 1.807) is 0 Å². The van der Waals surface area contributed by atoms with Crippen molar-refractivity contribution in [3.05, 3.63) is 0 Å². The van der Waals surface area contributed by atoms with Crippen LogP contribution in [0.1, 0.15) is 38.5 Å². The lowest BCUT2D eigenvalue weighted by Crippen LogP contribution is -2.67. The minimum Gasteiger partial charge on any atom is -0.363 e. The summed E-state index contributed by atoms with van der Waals surface area (Å²) in [7, 11) is 0. The van der Waals surface area contributed by atoms with Gasteiger partial charge in [0, 0.05) is 12.6 Å². The Balaban J connectivity index is 1.78. The molecule has 4 bridgehead atoms. The fourth-order valence-corrected chi connectivity index (χ4v) is 4.05. The van der Waals surface area contributed by atoms with Crippen molar-refractivity contribution < 1.29 is 35.8 Å². The maximum absolute atomic E-state index is 13.4. The zero-order chi connectivity index (χ0) is 20.5. The Morgan fingerprint density at radius 1 is 0.786 bits per heavy atom. The number of nitrogens with two attached hydrogens (primary N) is 1. The molecule has 3 heterocycles. The molecule has 0 aromatic heterocycles. The van der Waals surface area contributed by atoms with Crippen molar-refractivity contribution in [3.8, 4) is 0 Å². The van der Waals surface area contributed by atoms with Crippen molar-refractivity contribution in [1.29, 1.82) is 0 Å². The molecule has 12 heteroatoms. The first-order valence-electron chi connectivity index (χ1n) is 9.50. The van der Waals surface area contributed by atoms with Crippen molar-refractivity contribution in [2.24, 2.45) is 17.6 Å². The molecule has 7 atom stereocenters. The molecule has 0 radical (unpaired) electrons. The highest BCUT2D eigenvalue weighted by Gasteiger charge is 2.54. The molecule has 28 heavy (non-hydrogen) atoms. The van der Waals surface area contributed by atoms with E-state index in [0.717, 1.165) is 0 Å². The molecular formula is C16H26F6N4O2. The van der Waals surface area contributed by atoms with Crippen LogP contribution in [0.2, 0.25) is 0 Å². The second kappa shape index (κ2) is 8.60. The summed E-state index contributed by atoms with van der Waals surface area (Å²) in [5.41, 5.74) is 11.0. The van der Waals surface area contributed by atoms with E-state index in [1.165, 1.54) is 0 Å². The summed E-state index contributed by atoms with van der Waals surface area (Å²) in [6, 6.07) is -1.81. The number of hydrogen-bond acceptors (Lipinski definition) is 6. The van der Waals surface area contributed by atoms with E-state index in [-0.39, 0.29) is 13.0 Å². The number of fused-ring (bicyclic) bond motifs is 5. The van der Waals surface area contributed by atoms with Crippen LogP contribution in [0.5, 0.6) is 0 Å². The van der Waals surface area contributed by atoms with Crippen molar-refractivity contribution in [3.63, 3.8) is 0 Å². The molecule has 6 nitrogen and oxygen atoms in total. The summed E-state index contributed by atoms with van der Waals surface area (Å²) in [6.45, 7) is 0.0920. The van der Waals surface area contributed by atoms with Crippen LogP contribution in [-0.2, 0) is 9.47 Å². The van der Waals surface area contributed by atoms with Crippen molar-refractivity contribution in [1.82, 2.24) is 16.2 Å². The highest BCUT2D eigenvalue weighted by atomic mass is 19.4. The third-order valence-corrected chi connectivity index (χ3v) is 5.61. The van der Waals surface area contributed by atoms with Gasteiger partial charge >= 0.3 is 12.4 Å². The first-order valence-corrected chi connectivity index (χ1v) is 9.50. The Bertz CT molecular complexity index is 520. The number of hydrogen-bond donors (Lipinski definition) is 4. The van der Waals surface area contributed by atoms with Crippen LogP contribution >= 0.6 is 0 Å². The minimum absolute atomic E-state index is 0.0920.